The molecule has 2 atom stereocenters. The van der Waals surface area contributed by atoms with Gasteiger partial charge in [0.2, 0.25) is 0 Å². The molecule has 3 nitrogen and oxygen atoms in total. The molecule has 0 saturated heterocycles. The van der Waals surface area contributed by atoms with Gasteiger partial charge in [-0.2, -0.15) is 5.26 Å². The number of hydrogen-bond acceptors (Lipinski definition) is 3. The number of rotatable bonds is 0. The lowest BCUT2D eigenvalue weighted by Gasteiger charge is -2.11. The lowest BCUT2D eigenvalue weighted by molar-refractivity contribution is 0.252. The molecule has 2 unspecified atom stereocenters. The quantitative estimate of drug-likeness (QED) is 0.686. The zero-order valence-electron chi connectivity index (χ0n) is 10.3. The first-order valence-corrected chi connectivity index (χ1v) is 6.03. The van der Waals surface area contributed by atoms with Crippen molar-refractivity contribution in [3.05, 3.63) is 22.3 Å². The van der Waals surface area contributed by atoms with Gasteiger partial charge >= 0.3 is 0 Å². The van der Waals surface area contributed by atoms with Gasteiger partial charge in [-0.05, 0) is 26.3 Å². The largest absolute Gasteiger partial charge is 0.490 e. The highest BCUT2D eigenvalue weighted by atomic mass is 16.5. The average molecular weight is 229 g/mol. The van der Waals surface area contributed by atoms with Crippen LogP contribution in [-0.2, 0) is 12.8 Å². The van der Waals surface area contributed by atoms with Gasteiger partial charge in [-0.3, -0.25) is 0 Å². The van der Waals surface area contributed by atoms with Crippen molar-refractivity contribution in [2.75, 3.05) is 0 Å². The predicted octanol–water partition coefficient (Wildman–Crippen LogP) is 2.51. The van der Waals surface area contributed by atoms with Gasteiger partial charge < -0.3 is 9.47 Å². The predicted molar refractivity (Wildman–Crippen MR) is 63.5 cm³/mol. The molecule has 0 saturated carbocycles. The van der Waals surface area contributed by atoms with Gasteiger partial charge in [-0.1, -0.05) is 0 Å². The molecule has 0 aliphatic carbocycles. The van der Waals surface area contributed by atoms with Gasteiger partial charge in [0.1, 0.15) is 35.3 Å². The first-order chi connectivity index (χ1) is 8.11. The van der Waals surface area contributed by atoms with Crippen LogP contribution in [0.3, 0.4) is 0 Å². The Morgan fingerprint density at radius 3 is 2.29 bits per heavy atom. The number of fused-ring (bicyclic) bond motifs is 2. The van der Waals surface area contributed by atoms with Crippen LogP contribution in [0, 0.1) is 18.3 Å². The van der Waals surface area contributed by atoms with E-state index in [4.69, 9.17) is 9.47 Å². The summed E-state index contributed by atoms with van der Waals surface area (Å²) in [4.78, 5) is 0. The summed E-state index contributed by atoms with van der Waals surface area (Å²) in [7, 11) is 0. The summed E-state index contributed by atoms with van der Waals surface area (Å²) in [5.41, 5.74) is 4.03. The van der Waals surface area contributed by atoms with E-state index < -0.39 is 0 Å². The first-order valence-electron chi connectivity index (χ1n) is 6.03. The maximum atomic E-state index is 9.34. The van der Waals surface area contributed by atoms with Crippen LogP contribution in [0.25, 0.3) is 0 Å². The Bertz CT molecular complexity index is 503. The molecule has 2 aliphatic rings. The molecule has 2 aliphatic heterocycles. The van der Waals surface area contributed by atoms with Crippen molar-refractivity contribution >= 4 is 0 Å². The summed E-state index contributed by atoms with van der Waals surface area (Å²) in [6, 6.07) is 2.29. The van der Waals surface area contributed by atoms with E-state index in [1.165, 1.54) is 0 Å². The summed E-state index contributed by atoms with van der Waals surface area (Å²) in [6.07, 6.45) is 2.01. The fourth-order valence-corrected chi connectivity index (χ4v) is 2.84. The van der Waals surface area contributed by atoms with E-state index in [0.717, 1.165) is 41.0 Å². The van der Waals surface area contributed by atoms with E-state index in [9.17, 15) is 5.26 Å². The maximum Gasteiger partial charge on any atom is 0.141 e. The van der Waals surface area contributed by atoms with Gasteiger partial charge in [0.25, 0.3) is 0 Å². The van der Waals surface area contributed by atoms with Crippen molar-refractivity contribution in [3.63, 3.8) is 0 Å². The minimum atomic E-state index is 0.163. The molecule has 17 heavy (non-hydrogen) atoms. The molecule has 0 radical (unpaired) electrons. The van der Waals surface area contributed by atoms with Crippen LogP contribution in [0.5, 0.6) is 11.5 Å². The molecule has 0 aromatic heterocycles. The van der Waals surface area contributed by atoms with Crippen molar-refractivity contribution in [2.24, 2.45) is 0 Å². The summed E-state index contributed by atoms with van der Waals surface area (Å²) < 4.78 is 11.6. The van der Waals surface area contributed by atoms with E-state index in [1.807, 2.05) is 13.8 Å². The minimum absolute atomic E-state index is 0.163. The lowest BCUT2D eigenvalue weighted by Crippen LogP contribution is -2.07. The number of hydrogen-bond donors (Lipinski definition) is 0. The van der Waals surface area contributed by atoms with Crippen LogP contribution in [-0.4, -0.2) is 12.2 Å². The minimum Gasteiger partial charge on any atom is -0.490 e. The Balaban J connectivity index is 2.28. The lowest BCUT2D eigenvalue weighted by atomic mass is 9.94. The smallest absolute Gasteiger partial charge is 0.141 e. The number of benzene rings is 1. The number of nitriles is 1. The third-order valence-electron chi connectivity index (χ3n) is 3.60. The first kappa shape index (κ1) is 10.5. The molecule has 1 aromatic carbocycles. The standard InChI is InChI=1S/C14H15NO2/c1-7-4-10-9(3)13-11(5-8(2)16-13)12(6-15)14(10)17-7/h7-8H,4-5H2,1-3H3. The average Bonchev–Trinajstić information content (AvgIpc) is 2.83. The summed E-state index contributed by atoms with van der Waals surface area (Å²) in [5, 5.41) is 9.34. The van der Waals surface area contributed by atoms with Gasteiger partial charge in [0.15, 0.2) is 0 Å². The van der Waals surface area contributed by atoms with Crippen LogP contribution in [0.15, 0.2) is 0 Å². The SMILES string of the molecule is Cc1c2c(c(C#N)c3c1OC(C)C3)OC(C)C2. The molecule has 3 rings (SSSR count). The zero-order valence-corrected chi connectivity index (χ0v) is 10.3. The van der Waals surface area contributed by atoms with Crippen LogP contribution in [0.2, 0.25) is 0 Å². The molecule has 0 spiro atoms. The van der Waals surface area contributed by atoms with Gasteiger partial charge in [0, 0.05) is 24.0 Å². The van der Waals surface area contributed by atoms with Gasteiger partial charge in [0.05, 0.1) is 0 Å². The third kappa shape index (κ3) is 1.33. The second kappa shape index (κ2) is 3.40. The van der Waals surface area contributed by atoms with Crippen LogP contribution < -0.4 is 9.47 Å². The Kier molecular flexibility index (Phi) is 2.09. The highest BCUT2D eigenvalue weighted by Crippen LogP contribution is 2.45. The van der Waals surface area contributed by atoms with Crippen LogP contribution in [0.4, 0.5) is 0 Å². The molecule has 0 bridgehead atoms. The summed E-state index contributed by atoms with van der Waals surface area (Å²) in [6.45, 7) is 6.14. The van der Waals surface area contributed by atoms with Crippen molar-refractivity contribution in [2.45, 2.75) is 45.8 Å². The fourth-order valence-electron chi connectivity index (χ4n) is 2.84. The Morgan fingerprint density at radius 1 is 1.06 bits per heavy atom. The topological polar surface area (TPSA) is 42.2 Å². The molecular formula is C14H15NO2. The van der Waals surface area contributed by atoms with E-state index in [-0.39, 0.29) is 12.2 Å². The molecule has 88 valence electrons. The Hall–Kier alpha value is -1.69. The molecule has 2 heterocycles. The van der Waals surface area contributed by atoms with Crippen molar-refractivity contribution in [1.29, 1.82) is 5.26 Å². The molecule has 0 fully saturated rings. The number of nitrogens with zero attached hydrogens (tertiary/aromatic N) is 1. The van der Waals surface area contributed by atoms with Gasteiger partial charge in [-0.15, -0.1) is 0 Å². The van der Waals surface area contributed by atoms with E-state index >= 15 is 0 Å². The fraction of sp³-hybridized carbons (Fsp3) is 0.500. The number of ether oxygens (including phenoxy) is 2. The van der Waals surface area contributed by atoms with Crippen molar-refractivity contribution in [3.8, 4) is 17.6 Å². The molecule has 0 N–H and O–H groups in total. The summed E-state index contributed by atoms with van der Waals surface area (Å²) in [5.74, 6) is 1.72. The van der Waals surface area contributed by atoms with Crippen LogP contribution in [0.1, 0.15) is 36.1 Å². The van der Waals surface area contributed by atoms with Crippen molar-refractivity contribution in [1.82, 2.24) is 0 Å². The summed E-state index contributed by atoms with van der Waals surface area (Å²) >= 11 is 0. The van der Waals surface area contributed by atoms with E-state index in [0.29, 0.717) is 5.56 Å². The van der Waals surface area contributed by atoms with Crippen LogP contribution >= 0.6 is 0 Å². The molecular weight excluding hydrogens is 214 g/mol. The highest BCUT2D eigenvalue weighted by Gasteiger charge is 2.34. The zero-order chi connectivity index (χ0) is 12.2. The monoisotopic (exact) mass is 229 g/mol. The third-order valence-corrected chi connectivity index (χ3v) is 3.60. The molecule has 0 amide bonds. The second-order valence-electron chi connectivity index (χ2n) is 4.99. The van der Waals surface area contributed by atoms with E-state index in [1.54, 1.807) is 0 Å². The van der Waals surface area contributed by atoms with Gasteiger partial charge in [-0.25, -0.2) is 0 Å². The Labute approximate surface area is 101 Å². The van der Waals surface area contributed by atoms with E-state index in [2.05, 4.69) is 13.0 Å². The maximum absolute atomic E-state index is 9.34. The van der Waals surface area contributed by atoms with Crippen molar-refractivity contribution < 1.29 is 9.47 Å². The second-order valence-corrected chi connectivity index (χ2v) is 4.99. The normalized spacial score (nSPS) is 24.6. The Morgan fingerprint density at radius 2 is 1.65 bits per heavy atom. The molecule has 3 heteroatoms. The highest BCUT2D eigenvalue weighted by molar-refractivity contribution is 5.65. The molecule has 1 aromatic rings.